The summed E-state index contributed by atoms with van der Waals surface area (Å²) in [5.74, 6) is -1.95. The third-order valence-electron chi connectivity index (χ3n) is 4.60. The molecule has 0 saturated carbocycles. The second kappa shape index (κ2) is 17.3. The van der Waals surface area contributed by atoms with Gasteiger partial charge in [-0.25, -0.2) is 4.79 Å². The Kier molecular flexibility index (Phi) is 16.7. The molecule has 0 aromatic heterocycles. The van der Waals surface area contributed by atoms with Crippen LogP contribution in [0.25, 0.3) is 0 Å². The van der Waals surface area contributed by atoms with E-state index < -0.39 is 11.9 Å². The maximum Gasteiger partial charge on any atom is 1.00 e. The molecule has 0 heterocycles. The van der Waals surface area contributed by atoms with E-state index in [0.717, 1.165) is 19.3 Å². The van der Waals surface area contributed by atoms with Crippen LogP contribution in [-0.2, 0) is 4.74 Å². The zero-order valence-corrected chi connectivity index (χ0v) is 19.1. The number of carboxylic acid groups (broad SMARTS) is 1. The van der Waals surface area contributed by atoms with Gasteiger partial charge in [0.1, 0.15) is 0 Å². The molecule has 1 aromatic rings. The Morgan fingerprint density at radius 2 is 1.22 bits per heavy atom. The normalized spacial score (nSPS) is 10.3. The average Bonchev–Trinajstić information content (AvgIpc) is 2.65. The van der Waals surface area contributed by atoms with Gasteiger partial charge >= 0.3 is 35.5 Å². The Bertz CT molecular complexity index is 531. The predicted molar refractivity (Wildman–Crippen MR) is 102 cm³/mol. The van der Waals surface area contributed by atoms with E-state index in [1.54, 1.807) is 12.1 Å². The van der Waals surface area contributed by atoms with Crippen LogP contribution in [0.3, 0.4) is 0 Å². The minimum Gasteiger partial charge on any atom is -0.545 e. The van der Waals surface area contributed by atoms with Gasteiger partial charge in [-0.15, -0.1) is 0 Å². The summed E-state index contributed by atoms with van der Waals surface area (Å²) in [5, 5.41) is 11.0. The Labute approximate surface area is 186 Å². The number of esters is 1. The van der Waals surface area contributed by atoms with Gasteiger partial charge in [0.15, 0.2) is 0 Å². The Hall–Kier alpha value is -0.840. The molecule has 0 saturated heterocycles. The van der Waals surface area contributed by atoms with Crippen LogP contribution < -0.4 is 34.7 Å². The van der Waals surface area contributed by atoms with Gasteiger partial charge in [-0.2, -0.15) is 0 Å². The summed E-state index contributed by atoms with van der Waals surface area (Å²) < 4.78 is 5.18. The smallest absolute Gasteiger partial charge is 0.545 e. The molecule has 0 bridgehead atoms. The van der Waals surface area contributed by atoms with E-state index in [1.807, 2.05) is 0 Å². The molecule has 1 rings (SSSR count). The van der Waals surface area contributed by atoms with Crippen molar-refractivity contribution in [2.24, 2.45) is 0 Å². The van der Waals surface area contributed by atoms with E-state index in [4.69, 9.17) is 4.74 Å². The van der Waals surface area contributed by atoms with Crippen molar-refractivity contribution in [1.29, 1.82) is 0 Å². The number of carboxylic acids is 1. The van der Waals surface area contributed by atoms with Gasteiger partial charge in [0.2, 0.25) is 0 Å². The second-order valence-corrected chi connectivity index (χ2v) is 6.86. The van der Waals surface area contributed by atoms with E-state index in [2.05, 4.69) is 6.92 Å². The fourth-order valence-electron chi connectivity index (χ4n) is 3.02. The molecule has 146 valence electrons. The van der Waals surface area contributed by atoms with Crippen LogP contribution in [0.15, 0.2) is 24.3 Å². The molecule has 27 heavy (non-hydrogen) atoms. The molecule has 0 aliphatic rings. The van der Waals surface area contributed by atoms with E-state index in [-0.39, 0.29) is 40.7 Å². The summed E-state index contributed by atoms with van der Waals surface area (Å²) in [7, 11) is 0. The predicted octanol–water partition coefficient (Wildman–Crippen LogP) is 1.91. The van der Waals surface area contributed by atoms with Gasteiger partial charge in [0, 0.05) is 5.56 Å². The number of rotatable bonds is 15. The summed E-state index contributed by atoms with van der Waals surface area (Å²) in [6.45, 7) is 2.57. The topological polar surface area (TPSA) is 66.4 Å². The third-order valence-corrected chi connectivity index (χ3v) is 4.60. The van der Waals surface area contributed by atoms with Crippen molar-refractivity contribution in [3.63, 3.8) is 0 Å². The summed E-state index contributed by atoms with van der Waals surface area (Å²) in [5.41, 5.74) is -0.0568. The second-order valence-electron chi connectivity index (χ2n) is 6.86. The Morgan fingerprint density at radius 3 is 1.70 bits per heavy atom. The largest absolute Gasteiger partial charge is 1.00 e. The fraction of sp³-hybridized carbons (Fsp3) is 0.636. The monoisotopic (exact) mass is 384 g/mol. The van der Waals surface area contributed by atoms with Crippen LogP contribution in [0.1, 0.15) is 105 Å². The molecule has 0 aliphatic carbocycles. The quantitative estimate of drug-likeness (QED) is 0.263. The van der Waals surface area contributed by atoms with Crippen molar-refractivity contribution in [3.8, 4) is 0 Å². The van der Waals surface area contributed by atoms with Crippen LogP contribution in [0.5, 0.6) is 0 Å². The summed E-state index contributed by atoms with van der Waals surface area (Å²) in [6.07, 6.45) is 15.0. The molecule has 0 unspecified atom stereocenters. The van der Waals surface area contributed by atoms with Gasteiger partial charge in [-0.3, -0.25) is 0 Å². The first-order valence-electron chi connectivity index (χ1n) is 10.1. The molecule has 0 atom stereocenters. The maximum atomic E-state index is 12.0. The van der Waals surface area contributed by atoms with E-state index >= 15 is 0 Å². The molecule has 5 heteroatoms. The van der Waals surface area contributed by atoms with Crippen LogP contribution in [0.4, 0.5) is 0 Å². The van der Waals surface area contributed by atoms with Gasteiger partial charge in [0.25, 0.3) is 0 Å². The first-order chi connectivity index (χ1) is 12.7. The SMILES string of the molecule is CCCCCCCCCCCCCCOC(=O)c1ccccc1C(=O)[O-].[Na+]. The molecule has 0 aliphatic heterocycles. The number of ether oxygens (including phenoxy) is 1. The first kappa shape index (κ1) is 26.2. The number of carbonyl (C=O) groups is 2. The van der Waals surface area contributed by atoms with E-state index in [0.29, 0.717) is 6.61 Å². The molecule has 4 nitrogen and oxygen atoms in total. The molecule has 1 aromatic carbocycles. The third kappa shape index (κ3) is 12.3. The minimum atomic E-state index is -1.36. The van der Waals surface area contributed by atoms with Crippen molar-refractivity contribution >= 4 is 11.9 Å². The number of hydrogen-bond acceptors (Lipinski definition) is 4. The zero-order valence-electron chi connectivity index (χ0n) is 17.1. The van der Waals surface area contributed by atoms with Crippen molar-refractivity contribution in [2.75, 3.05) is 6.61 Å². The Balaban J connectivity index is 0.00000676. The van der Waals surface area contributed by atoms with Crippen molar-refractivity contribution in [1.82, 2.24) is 0 Å². The molecular weight excluding hydrogens is 351 g/mol. The first-order valence-corrected chi connectivity index (χ1v) is 10.1. The molecule has 0 fully saturated rings. The zero-order chi connectivity index (χ0) is 19.0. The van der Waals surface area contributed by atoms with Crippen molar-refractivity contribution < 1.29 is 49.0 Å². The fourth-order valence-corrected chi connectivity index (χ4v) is 3.02. The maximum absolute atomic E-state index is 12.0. The number of hydrogen-bond donors (Lipinski definition) is 0. The average molecular weight is 384 g/mol. The van der Waals surface area contributed by atoms with Crippen molar-refractivity contribution in [2.45, 2.75) is 84.0 Å². The Morgan fingerprint density at radius 1 is 0.778 bits per heavy atom. The number of aromatic carboxylic acids is 1. The van der Waals surface area contributed by atoms with Crippen LogP contribution in [0, 0.1) is 0 Å². The van der Waals surface area contributed by atoms with Gasteiger partial charge in [-0.05, 0) is 12.5 Å². The summed E-state index contributed by atoms with van der Waals surface area (Å²) in [6, 6.07) is 5.99. The summed E-state index contributed by atoms with van der Waals surface area (Å²) >= 11 is 0. The van der Waals surface area contributed by atoms with Gasteiger partial charge in [0.05, 0.1) is 18.1 Å². The molecule has 0 amide bonds. The standard InChI is InChI=1S/C22H34O4.Na/c1-2-3-4-5-6-7-8-9-10-11-12-15-18-26-22(25)20-17-14-13-16-19(20)21(23)24;/h13-14,16-17H,2-12,15,18H2,1H3,(H,23,24);/q;+1/p-1. The van der Waals surface area contributed by atoms with Gasteiger partial charge in [-0.1, -0.05) is 95.8 Å². The summed E-state index contributed by atoms with van der Waals surface area (Å²) in [4.78, 5) is 23.0. The minimum absolute atomic E-state index is 0. The molecular formula is C22H33NaO4. The van der Waals surface area contributed by atoms with Crippen LogP contribution in [-0.4, -0.2) is 18.5 Å². The number of unbranched alkanes of at least 4 members (excludes halogenated alkanes) is 11. The van der Waals surface area contributed by atoms with E-state index in [9.17, 15) is 14.7 Å². The molecule has 0 radical (unpaired) electrons. The number of benzene rings is 1. The van der Waals surface area contributed by atoms with Crippen LogP contribution in [0.2, 0.25) is 0 Å². The van der Waals surface area contributed by atoms with Crippen molar-refractivity contribution in [3.05, 3.63) is 35.4 Å². The van der Waals surface area contributed by atoms with E-state index in [1.165, 1.54) is 69.9 Å². The van der Waals surface area contributed by atoms with Crippen LogP contribution >= 0.6 is 0 Å². The number of carbonyl (C=O) groups excluding carboxylic acids is 2. The van der Waals surface area contributed by atoms with Gasteiger partial charge < -0.3 is 14.6 Å². The molecule has 0 spiro atoms. The molecule has 0 N–H and O–H groups in total.